The lowest BCUT2D eigenvalue weighted by molar-refractivity contribution is -0.384. The molecule has 4 nitrogen and oxygen atoms in total. The summed E-state index contributed by atoms with van der Waals surface area (Å²) in [7, 11) is 0. The molecule has 0 heterocycles. The van der Waals surface area contributed by atoms with Gasteiger partial charge in [-0.15, -0.1) is 12.4 Å². The number of carbonyl (C=O) groups excluding carboxylic acids is 1. The molecular formula is C8H8ClNO3. The standard InChI is InChI=1S/C8H7NO3.ClH/c1-6(10)7-3-2-4-8(5-7)9(11)12;/h2-5H,1H3;1H. The molecule has 1 aromatic rings. The van der Waals surface area contributed by atoms with Gasteiger partial charge in [0.1, 0.15) is 0 Å². The van der Waals surface area contributed by atoms with E-state index in [9.17, 15) is 14.9 Å². The molecule has 0 aromatic heterocycles. The summed E-state index contributed by atoms with van der Waals surface area (Å²) in [4.78, 5) is 20.5. The van der Waals surface area contributed by atoms with Gasteiger partial charge in [0.15, 0.2) is 5.78 Å². The highest BCUT2D eigenvalue weighted by Gasteiger charge is 2.07. The second-order valence-corrected chi connectivity index (χ2v) is 2.36. The van der Waals surface area contributed by atoms with E-state index in [4.69, 9.17) is 0 Å². The van der Waals surface area contributed by atoms with Crippen LogP contribution < -0.4 is 0 Å². The van der Waals surface area contributed by atoms with E-state index < -0.39 is 4.92 Å². The van der Waals surface area contributed by atoms with Gasteiger partial charge in [-0.1, -0.05) is 12.1 Å². The number of benzene rings is 1. The number of hydrogen-bond donors (Lipinski definition) is 0. The molecule has 1 rings (SSSR count). The maximum absolute atomic E-state index is 10.8. The van der Waals surface area contributed by atoms with Gasteiger partial charge in [0, 0.05) is 17.7 Å². The number of Topliss-reactive ketones (excluding diaryl/α,β-unsaturated/α-hetero) is 1. The number of carbonyl (C=O) groups is 1. The number of ketones is 1. The van der Waals surface area contributed by atoms with Gasteiger partial charge in [-0.05, 0) is 6.92 Å². The number of nitro benzene ring substituents is 1. The van der Waals surface area contributed by atoms with E-state index in [2.05, 4.69) is 0 Å². The molecule has 0 fully saturated rings. The van der Waals surface area contributed by atoms with Crippen molar-refractivity contribution in [3.05, 3.63) is 39.9 Å². The van der Waals surface area contributed by atoms with Crippen LogP contribution in [0.4, 0.5) is 5.69 Å². The highest BCUT2D eigenvalue weighted by Crippen LogP contribution is 2.12. The Morgan fingerprint density at radius 3 is 2.54 bits per heavy atom. The lowest BCUT2D eigenvalue weighted by Gasteiger charge is -1.93. The Bertz CT molecular complexity index is 309. The molecule has 13 heavy (non-hydrogen) atoms. The SMILES string of the molecule is CC(=O)c1cccc([N+](=O)[O-])c1.Cl. The van der Waals surface area contributed by atoms with Crippen LogP contribution >= 0.6 is 12.4 Å². The van der Waals surface area contributed by atoms with E-state index in [-0.39, 0.29) is 23.9 Å². The van der Waals surface area contributed by atoms with E-state index in [0.717, 1.165) is 0 Å². The van der Waals surface area contributed by atoms with E-state index in [1.54, 1.807) is 6.07 Å². The van der Waals surface area contributed by atoms with Gasteiger partial charge in [0.25, 0.3) is 5.69 Å². The van der Waals surface area contributed by atoms with Crippen LogP contribution in [0.3, 0.4) is 0 Å². The third kappa shape index (κ3) is 2.83. The van der Waals surface area contributed by atoms with Crippen LogP contribution in [-0.4, -0.2) is 10.7 Å². The average molecular weight is 202 g/mol. The van der Waals surface area contributed by atoms with Crippen LogP contribution in [0.5, 0.6) is 0 Å². The summed E-state index contributed by atoms with van der Waals surface area (Å²) in [6, 6.07) is 5.67. The first kappa shape index (κ1) is 11.6. The highest BCUT2D eigenvalue weighted by atomic mass is 35.5. The summed E-state index contributed by atoms with van der Waals surface area (Å²) < 4.78 is 0. The van der Waals surface area contributed by atoms with Gasteiger partial charge in [-0.25, -0.2) is 0 Å². The molecular weight excluding hydrogens is 194 g/mol. The molecule has 0 unspecified atom stereocenters. The molecule has 0 radical (unpaired) electrons. The number of nitro groups is 1. The van der Waals surface area contributed by atoms with Crippen LogP contribution in [-0.2, 0) is 0 Å². The molecule has 0 saturated heterocycles. The smallest absolute Gasteiger partial charge is 0.270 e. The van der Waals surface area contributed by atoms with Gasteiger partial charge < -0.3 is 0 Å². The van der Waals surface area contributed by atoms with Crippen molar-refractivity contribution < 1.29 is 9.72 Å². The van der Waals surface area contributed by atoms with Crippen LogP contribution in [0, 0.1) is 10.1 Å². The fourth-order valence-corrected chi connectivity index (χ4v) is 0.838. The van der Waals surface area contributed by atoms with Crippen molar-refractivity contribution in [2.75, 3.05) is 0 Å². The fourth-order valence-electron chi connectivity index (χ4n) is 0.838. The Kier molecular flexibility index (Phi) is 4.07. The van der Waals surface area contributed by atoms with E-state index in [1.807, 2.05) is 0 Å². The zero-order chi connectivity index (χ0) is 9.14. The Hall–Kier alpha value is -1.42. The Labute approximate surface area is 81.1 Å². The summed E-state index contributed by atoms with van der Waals surface area (Å²) >= 11 is 0. The molecule has 0 aliphatic heterocycles. The number of rotatable bonds is 2. The van der Waals surface area contributed by atoms with E-state index in [0.29, 0.717) is 5.56 Å². The summed E-state index contributed by atoms with van der Waals surface area (Å²) in [6.45, 7) is 1.37. The van der Waals surface area contributed by atoms with Crippen LogP contribution in [0.1, 0.15) is 17.3 Å². The number of nitrogens with zero attached hydrogens (tertiary/aromatic N) is 1. The first-order valence-corrected chi connectivity index (χ1v) is 3.36. The van der Waals surface area contributed by atoms with Gasteiger partial charge in [-0.3, -0.25) is 14.9 Å². The molecule has 0 aliphatic rings. The maximum Gasteiger partial charge on any atom is 0.270 e. The molecule has 0 N–H and O–H groups in total. The summed E-state index contributed by atoms with van der Waals surface area (Å²) in [6.07, 6.45) is 0. The second-order valence-electron chi connectivity index (χ2n) is 2.36. The lowest BCUT2D eigenvalue weighted by Crippen LogP contribution is -1.94. The minimum atomic E-state index is -0.521. The summed E-state index contributed by atoms with van der Waals surface area (Å²) in [5.41, 5.74) is 0.312. The molecule has 0 bridgehead atoms. The first-order valence-electron chi connectivity index (χ1n) is 3.36. The van der Waals surface area contributed by atoms with Gasteiger partial charge in [0.05, 0.1) is 4.92 Å². The third-order valence-corrected chi connectivity index (χ3v) is 1.46. The molecule has 0 spiro atoms. The lowest BCUT2D eigenvalue weighted by atomic mass is 10.1. The van der Waals surface area contributed by atoms with Gasteiger partial charge >= 0.3 is 0 Å². The Balaban J connectivity index is 0.00000144. The number of hydrogen-bond acceptors (Lipinski definition) is 3. The largest absolute Gasteiger partial charge is 0.295 e. The first-order chi connectivity index (χ1) is 5.61. The molecule has 1 aromatic carbocycles. The highest BCUT2D eigenvalue weighted by molar-refractivity contribution is 5.94. The van der Waals surface area contributed by atoms with Gasteiger partial charge in [0.2, 0.25) is 0 Å². The zero-order valence-electron chi connectivity index (χ0n) is 6.89. The van der Waals surface area contributed by atoms with Crippen molar-refractivity contribution in [2.45, 2.75) is 6.92 Å². The van der Waals surface area contributed by atoms with E-state index in [1.165, 1.54) is 25.1 Å². The van der Waals surface area contributed by atoms with Crippen molar-refractivity contribution in [2.24, 2.45) is 0 Å². The van der Waals surface area contributed by atoms with Gasteiger partial charge in [-0.2, -0.15) is 0 Å². The van der Waals surface area contributed by atoms with Crippen molar-refractivity contribution >= 4 is 23.9 Å². The number of non-ortho nitro benzene ring substituents is 1. The Morgan fingerprint density at radius 2 is 2.08 bits per heavy atom. The summed E-state index contributed by atoms with van der Waals surface area (Å²) in [5.74, 6) is -0.168. The van der Waals surface area contributed by atoms with E-state index >= 15 is 0 Å². The summed E-state index contributed by atoms with van der Waals surface area (Å²) in [5, 5.41) is 10.3. The maximum atomic E-state index is 10.8. The second kappa shape index (κ2) is 4.57. The Morgan fingerprint density at radius 1 is 1.46 bits per heavy atom. The van der Waals surface area contributed by atoms with Crippen LogP contribution in [0.15, 0.2) is 24.3 Å². The third-order valence-electron chi connectivity index (χ3n) is 1.46. The quantitative estimate of drug-likeness (QED) is 0.419. The normalized spacial score (nSPS) is 8.69. The van der Waals surface area contributed by atoms with Crippen molar-refractivity contribution in [3.8, 4) is 0 Å². The number of halogens is 1. The molecule has 70 valence electrons. The molecule has 0 saturated carbocycles. The van der Waals surface area contributed by atoms with Crippen LogP contribution in [0.2, 0.25) is 0 Å². The molecule has 0 amide bonds. The average Bonchev–Trinajstić information content (AvgIpc) is 2.04. The topological polar surface area (TPSA) is 60.2 Å². The van der Waals surface area contributed by atoms with Crippen molar-refractivity contribution in [1.82, 2.24) is 0 Å². The molecule has 0 atom stereocenters. The predicted octanol–water partition coefficient (Wildman–Crippen LogP) is 2.22. The van der Waals surface area contributed by atoms with Crippen molar-refractivity contribution in [3.63, 3.8) is 0 Å². The minimum Gasteiger partial charge on any atom is -0.295 e. The fraction of sp³-hybridized carbons (Fsp3) is 0.125. The molecule has 0 aliphatic carbocycles. The van der Waals surface area contributed by atoms with Crippen molar-refractivity contribution in [1.29, 1.82) is 0 Å². The minimum absolute atomic E-state index is 0. The zero-order valence-corrected chi connectivity index (χ0v) is 7.71. The molecule has 5 heteroatoms. The monoisotopic (exact) mass is 201 g/mol. The predicted molar refractivity (Wildman–Crippen MR) is 50.3 cm³/mol. The van der Waals surface area contributed by atoms with Crippen LogP contribution in [0.25, 0.3) is 0 Å².